The van der Waals surface area contributed by atoms with Gasteiger partial charge >= 0.3 is 5.97 Å². The third-order valence-electron chi connectivity index (χ3n) is 3.46. The fraction of sp³-hybridized carbons (Fsp3) is 0.769. The van der Waals surface area contributed by atoms with E-state index in [0.717, 1.165) is 25.3 Å². The average Bonchev–Trinajstić information content (AvgIpc) is 2.82. The third kappa shape index (κ3) is 3.15. The fourth-order valence-electron chi connectivity index (χ4n) is 2.48. The van der Waals surface area contributed by atoms with E-state index in [1.54, 1.807) is 0 Å². The number of hydrogen-bond donors (Lipinski definition) is 1. The summed E-state index contributed by atoms with van der Waals surface area (Å²) in [5, 5.41) is 18.0. The van der Waals surface area contributed by atoms with Crippen LogP contribution < -0.4 is 0 Å². The monoisotopic (exact) mass is 299 g/mol. The Balaban J connectivity index is 2.35. The first-order valence-electron chi connectivity index (χ1n) is 6.82. The maximum absolute atomic E-state index is 10.8. The lowest BCUT2D eigenvalue weighted by molar-refractivity contribution is -0.133. The Morgan fingerprint density at radius 2 is 2.30 bits per heavy atom. The molecule has 112 valence electrons. The van der Waals surface area contributed by atoms with Gasteiger partial charge in [-0.2, -0.15) is 0 Å². The fourth-order valence-corrected chi connectivity index (χ4v) is 3.27. The Morgan fingerprint density at radius 1 is 1.55 bits per heavy atom. The summed E-state index contributed by atoms with van der Waals surface area (Å²) in [6.45, 7) is 7.67. The number of carbonyl (C=O) groups is 1. The molecule has 0 aliphatic carbocycles. The highest BCUT2D eigenvalue weighted by Gasteiger charge is 2.35. The lowest BCUT2D eigenvalue weighted by Gasteiger charge is -2.36. The zero-order valence-corrected chi connectivity index (χ0v) is 12.9. The molecule has 1 aromatic heterocycles. The SMILES string of the molecule is CC(C)c1nnc(SCC(=O)O)n1C1(C)CCCOC1. The molecule has 2 rings (SSSR count). The second-order valence-electron chi connectivity index (χ2n) is 5.67. The molecule has 6 nitrogen and oxygen atoms in total. The van der Waals surface area contributed by atoms with Crippen LogP contribution >= 0.6 is 11.8 Å². The molecule has 1 unspecified atom stereocenters. The Hall–Kier alpha value is -1.08. The molecule has 1 fully saturated rings. The minimum absolute atomic E-state index is 0.00678. The van der Waals surface area contributed by atoms with Crippen molar-refractivity contribution in [2.75, 3.05) is 19.0 Å². The quantitative estimate of drug-likeness (QED) is 0.839. The lowest BCUT2D eigenvalue weighted by atomic mass is 9.94. The zero-order valence-electron chi connectivity index (χ0n) is 12.1. The van der Waals surface area contributed by atoms with Gasteiger partial charge in [-0.15, -0.1) is 10.2 Å². The summed E-state index contributed by atoms with van der Waals surface area (Å²) in [6.07, 6.45) is 1.99. The highest BCUT2D eigenvalue weighted by molar-refractivity contribution is 7.99. The molecule has 1 atom stereocenters. The largest absolute Gasteiger partial charge is 0.481 e. The van der Waals surface area contributed by atoms with Crippen LogP contribution in [0.1, 0.15) is 45.4 Å². The first-order chi connectivity index (χ1) is 9.44. The van der Waals surface area contributed by atoms with E-state index in [1.807, 2.05) is 0 Å². The van der Waals surface area contributed by atoms with Crippen molar-refractivity contribution in [3.8, 4) is 0 Å². The maximum Gasteiger partial charge on any atom is 0.313 e. The summed E-state index contributed by atoms with van der Waals surface area (Å²) < 4.78 is 7.71. The molecule has 2 heterocycles. The van der Waals surface area contributed by atoms with Crippen LogP contribution in [0.3, 0.4) is 0 Å². The van der Waals surface area contributed by atoms with Gasteiger partial charge in [0.05, 0.1) is 17.9 Å². The van der Waals surface area contributed by atoms with Gasteiger partial charge in [0.1, 0.15) is 5.82 Å². The predicted molar refractivity (Wildman–Crippen MR) is 76.2 cm³/mol. The van der Waals surface area contributed by atoms with Gasteiger partial charge in [0.25, 0.3) is 0 Å². The standard InChI is InChI=1S/C13H21N3O3S/c1-9(2)11-14-15-12(20-7-10(17)18)16(11)13(3)5-4-6-19-8-13/h9H,4-8H2,1-3H3,(H,17,18). The number of rotatable bonds is 5. The Morgan fingerprint density at radius 3 is 2.85 bits per heavy atom. The van der Waals surface area contributed by atoms with E-state index in [2.05, 4.69) is 35.5 Å². The van der Waals surface area contributed by atoms with Gasteiger partial charge < -0.3 is 9.84 Å². The van der Waals surface area contributed by atoms with Crippen molar-refractivity contribution in [1.29, 1.82) is 0 Å². The molecule has 1 saturated heterocycles. The third-order valence-corrected chi connectivity index (χ3v) is 4.37. The second kappa shape index (κ2) is 6.13. The van der Waals surface area contributed by atoms with E-state index in [4.69, 9.17) is 9.84 Å². The number of aliphatic carboxylic acids is 1. The van der Waals surface area contributed by atoms with Crippen LogP contribution in [0.25, 0.3) is 0 Å². The van der Waals surface area contributed by atoms with E-state index < -0.39 is 5.97 Å². The Kier molecular flexibility index (Phi) is 4.70. The highest BCUT2D eigenvalue weighted by Crippen LogP contribution is 2.34. The number of nitrogens with zero attached hydrogens (tertiary/aromatic N) is 3. The molecular formula is C13H21N3O3S. The molecule has 1 aromatic rings. The minimum atomic E-state index is -0.847. The lowest BCUT2D eigenvalue weighted by Crippen LogP contribution is -2.40. The predicted octanol–water partition coefficient (Wildman–Crippen LogP) is 2.10. The first-order valence-corrected chi connectivity index (χ1v) is 7.81. The van der Waals surface area contributed by atoms with Gasteiger partial charge in [0.2, 0.25) is 0 Å². The average molecular weight is 299 g/mol. The summed E-state index contributed by atoms with van der Waals surface area (Å²) in [5.74, 6) is 0.277. The molecule has 0 saturated carbocycles. The summed E-state index contributed by atoms with van der Waals surface area (Å²) in [7, 11) is 0. The van der Waals surface area contributed by atoms with Crippen molar-refractivity contribution >= 4 is 17.7 Å². The normalized spacial score (nSPS) is 23.2. The first kappa shape index (κ1) is 15.3. The van der Waals surface area contributed by atoms with Crippen molar-refractivity contribution in [2.45, 2.75) is 50.2 Å². The molecular weight excluding hydrogens is 278 g/mol. The van der Waals surface area contributed by atoms with E-state index >= 15 is 0 Å². The molecule has 20 heavy (non-hydrogen) atoms. The minimum Gasteiger partial charge on any atom is -0.481 e. The molecule has 7 heteroatoms. The highest BCUT2D eigenvalue weighted by atomic mass is 32.2. The van der Waals surface area contributed by atoms with Crippen LogP contribution in [0.2, 0.25) is 0 Å². The Bertz CT molecular complexity index is 481. The van der Waals surface area contributed by atoms with Crippen molar-refractivity contribution in [2.24, 2.45) is 0 Å². The van der Waals surface area contributed by atoms with E-state index in [9.17, 15) is 4.79 Å². The van der Waals surface area contributed by atoms with Crippen LogP contribution in [-0.4, -0.2) is 44.8 Å². The van der Waals surface area contributed by atoms with Crippen LogP contribution in [0.15, 0.2) is 5.16 Å². The molecule has 0 bridgehead atoms. The topological polar surface area (TPSA) is 77.2 Å². The summed E-state index contributed by atoms with van der Waals surface area (Å²) in [5.41, 5.74) is -0.192. The van der Waals surface area contributed by atoms with Gasteiger partial charge in [-0.3, -0.25) is 9.36 Å². The van der Waals surface area contributed by atoms with Gasteiger partial charge in [-0.05, 0) is 19.8 Å². The van der Waals surface area contributed by atoms with Crippen molar-refractivity contribution in [3.63, 3.8) is 0 Å². The van der Waals surface area contributed by atoms with Gasteiger partial charge in [-0.1, -0.05) is 25.6 Å². The van der Waals surface area contributed by atoms with E-state index in [0.29, 0.717) is 11.8 Å². The number of carboxylic acid groups (broad SMARTS) is 1. The molecule has 0 radical (unpaired) electrons. The van der Waals surface area contributed by atoms with Crippen LogP contribution in [0.5, 0.6) is 0 Å². The van der Waals surface area contributed by atoms with Gasteiger partial charge in [0.15, 0.2) is 5.16 Å². The molecule has 0 amide bonds. The summed E-state index contributed by atoms with van der Waals surface area (Å²) in [6, 6.07) is 0. The molecule has 1 aliphatic heterocycles. The van der Waals surface area contributed by atoms with Crippen molar-refractivity contribution in [3.05, 3.63) is 5.82 Å². The number of carboxylic acids is 1. The second-order valence-corrected chi connectivity index (χ2v) is 6.61. The van der Waals surface area contributed by atoms with Crippen LogP contribution in [0, 0.1) is 0 Å². The van der Waals surface area contributed by atoms with Gasteiger partial charge in [0, 0.05) is 12.5 Å². The van der Waals surface area contributed by atoms with Crippen molar-refractivity contribution in [1.82, 2.24) is 14.8 Å². The molecule has 1 aliphatic rings. The summed E-state index contributed by atoms with van der Waals surface area (Å²) >= 11 is 1.22. The number of hydrogen-bond acceptors (Lipinski definition) is 5. The molecule has 0 aromatic carbocycles. The van der Waals surface area contributed by atoms with E-state index in [-0.39, 0.29) is 17.2 Å². The molecule has 1 N–H and O–H groups in total. The van der Waals surface area contributed by atoms with E-state index in [1.165, 1.54) is 11.8 Å². The van der Waals surface area contributed by atoms with Gasteiger partial charge in [-0.25, -0.2) is 0 Å². The van der Waals surface area contributed by atoms with Crippen LogP contribution in [0.4, 0.5) is 0 Å². The number of ether oxygens (including phenoxy) is 1. The van der Waals surface area contributed by atoms with Crippen molar-refractivity contribution < 1.29 is 14.6 Å². The number of thioether (sulfide) groups is 1. The summed E-state index contributed by atoms with van der Waals surface area (Å²) in [4.78, 5) is 10.8. The maximum atomic E-state index is 10.8. The van der Waals surface area contributed by atoms with Crippen LogP contribution in [-0.2, 0) is 15.1 Å². The Labute approximate surface area is 122 Å². The molecule has 0 spiro atoms. The smallest absolute Gasteiger partial charge is 0.313 e. The number of aromatic nitrogens is 3. The zero-order chi connectivity index (χ0) is 14.8.